The lowest BCUT2D eigenvalue weighted by molar-refractivity contribution is -0.137. The number of nitrogens with zero attached hydrogens (tertiary/aromatic N) is 2. The van der Waals surface area contributed by atoms with E-state index in [-0.39, 0.29) is 11.7 Å². The Balaban J connectivity index is 1.57. The molecule has 1 aliphatic heterocycles. The Hall–Kier alpha value is -2.54. The molecule has 0 saturated carbocycles. The van der Waals surface area contributed by atoms with Gasteiger partial charge in [0.2, 0.25) is 0 Å². The van der Waals surface area contributed by atoms with Crippen molar-refractivity contribution in [2.75, 3.05) is 31.5 Å². The molecule has 4 nitrogen and oxygen atoms in total. The van der Waals surface area contributed by atoms with Crippen LogP contribution >= 0.6 is 0 Å². The Bertz CT molecular complexity index is 765. The normalized spacial score (nSPS) is 16.0. The molecular weight excluding hydrogens is 355 g/mol. The van der Waals surface area contributed by atoms with Crippen LogP contribution in [0.15, 0.2) is 54.6 Å². The molecule has 2 aromatic carbocycles. The Morgan fingerprint density at radius 2 is 1.74 bits per heavy atom. The molecule has 0 aromatic heterocycles. The molecule has 1 heterocycles. The van der Waals surface area contributed by atoms with Gasteiger partial charge >= 0.3 is 12.2 Å². The van der Waals surface area contributed by atoms with E-state index in [4.69, 9.17) is 0 Å². The van der Waals surface area contributed by atoms with Gasteiger partial charge in [0.15, 0.2) is 0 Å². The minimum Gasteiger partial charge on any atom is -0.323 e. The summed E-state index contributed by atoms with van der Waals surface area (Å²) in [7, 11) is 0. The fraction of sp³-hybridized carbons (Fsp3) is 0.350. The number of hydrogen-bond acceptors (Lipinski definition) is 2. The Kier molecular flexibility index (Phi) is 6.01. The number of anilines is 1. The van der Waals surface area contributed by atoms with Crippen molar-refractivity contribution in [2.24, 2.45) is 0 Å². The maximum Gasteiger partial charge on any atom is 0.416 e. The molecule has 1 aliphatic rings. The number of halogens is 3. The van der Waals surface area contributed by atoms with E-state index in [1.165, 1.54) is 17.7 Å². The zero-order valence-electron chi connectivity index (χ0n) is 14.9. The molecule has 0 bridgehead atoms. The van der Waals surface area contributed by atoms with E-state index in [2.05, 4.69) is 22.3 Å². The molecule has 144 valence electrons. The summed E-state index contributed by atoms with van der Waals surface area (Å²) < 4.78 is 38.4. The monoisotopic (exact) mass is 377 g/mol. The van der Waals surface area contributed by atoms with Crippen molar-refractivity contribution in [3.05, 3.63) is 65.7 Å². The molecule has 0 radical (unpaired) electrons. The van der Waals surface area contributed by atoms with Gasteiger partial charge < -0.3 is 10.2 Å². The smallest absolute Gasteiger partial charge is 0.323 e. The van der Waals surface area contributed by atoms with Crippen molar-refractivity contribution < 1.29 is 18.0 Å². The lowest BCUT2D eigenvalue weighted by atomic mass is 10.2. The third-order valence-corrected chi connectivity index (χ3v) is 4.57. The zero-order valence-corrected chi connectivity index (χ0v) is 14.9. The summed E-state index contributed by atoms with van der Waals surface area (Å²) in [6.07, 6.45) is -3.61. The van der Waals surface area contributed by atoms with Crippen molar-refractivity contribution in [3.8, 4) is 0 Å². The fourth-order valence-electron chi connectivity index (χ4n) is 3.15. The van der Waals surface area contributed by atoms with E-state index in [0.717, 1.165) is 38.2 Å². The van der Waals surface area contributed by atoms with Crippen LogP contribution in [0.3, 0.4) is 0 Å². The number of rotatable bonds is 3. The van der Waals surface area contributed by atoms with Gasteiger partial charge in [0.25, 0.3) is 0 Å². The Morgan fingerprint density at radius 3 is 2.48 bits per heavy atom. The van der Waals surface area contributed by atoms with Crippen molar-refractivity contribution >= 4 is 11.7 Å². The number of carbonyl (C=O) groups is 1. The van der Waals surface area contributed by atoms with E-state index >= 15 is 0 Å². The molecule has 2 amide bonds. The first-order valence-electron chi connectivity index (χ1n) is 8.91. The first-order valence-corrected chi connectivity index (χ1v) is 8.91. The predicted octanol–water partition coefficient (Wildman–Crippen LogP) is 4.45. The van der Waals surface area contributed by atoms with Gasteiger partial charge in [-0.3, -0.25) is 4.90 Å². The van der Waals surface area contributed by atoms with Gasteiger partial charge in [0.1, 0.15) is 0 Å². The first kappa shape index (κ1) is 19.2. The van der Waals surface area contributed by atoms with Crippen LogP contribution in [0.2, 0.25) is 0 Å². The number of benzene rings is 2. The standard InChI is InChI=1S/C20H22F3N3O/c21-20(22,23)17-8-4-9-18(14-17)24-19(27)26-11-5-10-25(12-13-26)15-16-6-2-1-3-7-16/h1-4,6-9,14H,5,10-13,15H2,(H,24,27). The maximum atomic E-state index is 12.8. The highest BCUT2D eigenvalue weighted by Crippen LogP contribution is 2.30. The van der Waals surface area contributed by atoms with Gasteiger partial charge in [-0.15, -0.1) is 0 Å². The summed E-state index contributed by atoms with van der Waals surface area (Å²) in [6, 6.07) is 14.5. The van der Waals surface area contributed by atoms with Gasteiger partial charge in [-0.2, -0.15) is 13.2 Å². The van der Waals surface area contributed by atoms with Gasteiger partial charge in [-0.1, -0.05) is 36.4 Å². The number of hydrogen-bond donors (Lipinski definition) is 1. The summed E-state index contributed by atoms with van der Waals surface area (Å²) in [5.74, 6) is 0. The van der Waals surface area contributed by atoms with Crippen molar-refractivity contribution in [3.63, 3.8) is 0 Å². The van der Waals surface area contributed by atoms with Crippen molar-refractivity contribution in [2.45, 2.75) is 19.1 Å². The second-order valence-electron chi connectivity index (χ2n) is 6.61. The third-order valence-electron chi connectivity index (χ3n) is 4.57. The molecule has 0 unspecified atom stereocenters. The molecule has 2 aromatic rings. The van der Waals surface area contributed by atoms with Crippen LogP contribution in [-0.4, -0.2) is 42.0 Å². The summed E-state index contributed by atoms with van der Waals surface area (Å²) in [4.78, 5) is 16.4. The maximum absolute atomic E-state index is 12.8. The van der Waals surface area contributed by atoms with Gasteiger partial charge in [-0.25, -0.2) is 4.79 Å². The average Bonchev–Trinajstić information content (AvgIpc) is 2.88. The lowest BCUT2D eigenvalue weighted by Crippen LogP contribution is -2.38. The highest BCUT2D eigenvalue weighted by Gasteiger charge is 2.30. The van der Waals surface area contributed by atoms with E-state index in [9.17, 15) is 18.0 Å². The predicted molar refractivity (Wildman–Crippen MR) is 98.4 cm³/mol. The summed E-state index contributed by atoms with van der Waals surface area (Å²) >= 11 is 0. The van der Waals surface area contributed by atoms with Crippen molar-refractivity contribution in [1.29, 1.82) is 0 Å². The van der Waals surface area contributed by atoms with Crippen LogP contribution in [-0.2, 0) is 12.7 Å². The third kappa shape index (κ3) is 5.47. The number of carbonyl (C=O) groups excluding carboxylic acids is 1. The molecule has 1 N–H and O–H groups in total. The summed E-state index contributed by atoms with van der Waals surface area (Å²) in [6.45, 7) is 3.55. The van der Waals surface area contributed by atoms with E-state index in [0.29, 0.717) is 13.1 Å². The van der Waals surface area contributed by atoms with E-state index < -0.39 is 11.7 Å². The SMILES string of the molecule is O=C(Nc1cccc(C(F)(F)F)c1)N1CCCN(Cc2ccccc2)CC1. The Morgan fingerprint density at radius 1 is 0.963 bits per heavy atom. The molecule has 0 aliphatic carbocycles. The van der Waals surface area contributed by atoms with Crippen LogP contribution in [0, 0.1) is 0 Å². The van der Waals surface area contributed by atoms with Gasteiger partial charge in [0.05, 0.1) is 5.56 Å². The molecule has 27 heavy (non-hydrogen) atoms. The number of alkyl halides is 3. The molecule has 0 spiro atoms. The topological polar surface area (TPSA) is 35.6 Å². The average molecular weight is 377 g/mol. The van der Waals surface area contributed by atoms with Gasteiger partial charge in [0, 0.05) is 38.4 Å². The summed E-state index contributed by atoms with van der Waals surface area (Å²) in [5, 5.41) is 2.58. The number of nitrogens with one attached hydrogen (secondary N) is 1. The Labute approximate surface area is 156 Å². The second kappa shape index (κ2) is 8.43. The quantitative estimate of drug-likeness (QED) is 0.858. The minimum absolute atomic E-state index is 0.153. The highest BCUT2D eigenvalue weighted by molar-refractivity contribution is 5.89. The van der Waals surface area contributed by atoms with Crippen LogP contribution in [0.1, 0.15) is 17.5 Å². The first-order chi connectivity index (χ1) is 12.9. The molecule has 1 fully saturated rings. The van der Waals surface area contributed by atoms with E-state index in [1.54, 1.807) is 4.90 Å². The molecule has 1 saturated heterocycles. The zero-order chi connectivity index (χ0) is 19.3. The van der Waals surface area contributed by atoms with Crippen molar-refractivity contribution in [1.82, 2.24) is 9.80 Å². The van der Waals surface area contributed by atoms with E-state index in [1.807, 2.05) is 18.2 Å². The van der Waals surface area contributed by atoms with Crippen LogP contribution in [0.4, 0.5) is 23.7 Å². The molecule has 7 heteroatoms. The number of urea groups is 1. The minimum atomic E-state index is -4.43. The largest absolute Gasteiger partial charge is 0.416 e. The molecular formula is C20H22F3N3O. The number of amides is 2. The fourth-order valence-corrected chi connectivity index (χ4v) is 3.15. The van der Waals surface area contributed by atoms with Gasteiger partial charge in [-0.05, 0) is 30.2 Å². The molecule has 3 rings (SSSR count). The summed E-state index contributed by atoms with van der Waals surface area (Å²) in [5.41, 5.74) is 0.602. The lowest BCUT2D eigenvalue weighted by Gasteiger charge is -2.22. The van der Waals surface area contributed by atoms with Crippen LogP contribution < -0.4 is 5.32 Å². The highest BCUT2D eigenvalue weighted by atomic mass is 19.4. The van der Waals surface area contributed by atoms with Crippen LogP contribution in [0.5, 0.6) is 0 Å². The van der Waals surface area contributed by atoms with Crippen LogP contribution in [0.25, 0.3) is 0 Å². The molecule has 0 atom stereocenters. The second-order valence-corrected chi connectivity index (χ2v) is 6.61.